The molecular formula is C25H27N3O3S. The van der Waals surface area contributed by atoms with E-state index in [1.165, 1.54) is 11.1 Å². The third-order valence-corrected chi connectivity index (χ3v) is 7.44. The van der Waals surface area contributed by atoms with E-state index in [1.54, 1.807) is 17.6 Å². The van der Waals surface area contributed by atoms with Crippen LogP contribution in [-0.4, -0.2) is 22.6 Å². The van der Waals surface area contributed by atoms with E-state index in [9.17, 15) is 4.79 Å². The summed E-state index contributed by atoms with van der Waals surface area (Å²) in [6.45, 7) is 4.86. The van der Waals surface area contributed by atoms with Crippen molar-refractivity contribution in [3.05, 3.63) is 58.5 Å². The van der Waals surface area contributed by atoms with Crippen molar-refractivity contribution >= 4 is 28.2 Å². The Labute approximate surface area is 191 Å². The number of nitrogens with zero attached hydrogens (tertiary/aromatic N) is 2. The minimum atomic E-state index is 0.0468. The maximum Gasteiger partial charge on any atom is 0.257 e. The summed E-state index contributed by atoms with van der Waals surface area (Å²) >= 11 is 1.61. The minimum absolute atomic E-state index is 0.0468. The van der Waals surface area contributed by atoms with Gasteiger partial charge in [0.25, 0.3) is 5.89 Å². The van der Waals surface area contributed by atoms with Crippen LogP contribution in [0.4, 0.5) is 0 Å². The fourth-order valence-corrected chi connectivity index (χ4v) is 5.12. The van der Waals surface area contributed by atoms with Gasteiger partial charge in [-0.05, 0) is 80.2 Å². The molecule has 4 aromatic rings. The first-order valence-electron chi connectivity index (χ1n) is 11.2. The highest BCUT2D eigenvalue weighted by molar-refractivity contribution is 7.13. The lowest BCUT2D eigenvalue weighted by molar-refractivity contribution is -0.120. The average molecular weight is 450 g/mol. The Morgan fingerprint density at radius 1 is 1.16 bits per heavy atom. The summed E-state index contributed by atoms with van der Waals surface area (Å²) in [5.41, 5.74) is 4.20. The van der Waals surface area contributed by atoms with Gasteiger partial charge in [-0.1, -0.05) is 6.07 Å². The number of aryl methyl sites for hydroxylation is 2. The highest BCUT2D eigenvalue weighted by Gasteiger charge is 2.27. The topological polar surface area (TPSA) is 81.2 Å². The van der Waals surface area contributed by atoms with Gasteiger partial charge in [0.2, 0.25) is 11.8 Å². The Hall–Kier alpha value is -2.93. The molecule has 6 nitrogen and oxygen atoms in total. The largest absolute Gasteiger partial charge is 0.464 e. The molecule has 3 aromatic heterocycles. The van der Waals surface area contributed by atoms with Gasteiger partial charge in [-0.25, -0.2) is 0 Å². The second kappa shape index (κ2) is 8.90. The molecule has 0 bridgehead atoms. The predicted molar refractivity (Wildman–Crippen MR) is 125 cm³/mol. The van der Waals surface area contributed by atoms with Crippen LogP contribution in [0.3, 0.4) is 0 Å². The van der Waals surface area contributed by atoms with Crippen molar-refractivity contribution in [1.29, 1.82) is 0 Å². The molecule has 32 heavy (non-hydrogen) atoms. The van der Waals surface area contributed by atoms with Gasteiger partial charge in [-0.3, -0.25) is 4.79 Å². The Bertz CT molecular complexity index is 1220. The van der Waals surface area contributed by atoms with Gasteiger partial charge in [0.1, 0.15) is 5.58 Å². The van der Waals surface area contributed by atoms with E-state index < -0.39 is 0 Å². The van der Waals surface area contributed by atoms with Crippen LogP contribution in [0.25, 0.3) is 21.7 Å². The molecule has 1 amide bonds. The summed E-state index contributed by atoms with van der Waals surface area (Å²) in [6.07, 6.45) is 6.18. The Morgan fingerprint density at radius 2 is 1.97 bits per heavy atom. The molecule has 0 unspecified atom stereocenters. The Kier molecular flexibility index (Phi) is 5.83. The number of aromatic nitrogens is 2. The number of nitrogens with one attached hydrogen (secondary N) is 1. The van der Waals surface area contributed by atoms with Crippen molar-refractivity contribution in [2.24, 2.45) is 5.92 Å². The summed E-state index contributed by atoms with van der Waals surface area (Å²) in [7, 11) is 0. The molecular weight excluding hydrogens is 422 g/mol. The fourth-order valence-electron chi connectivity index (χ4n) is 4.48. The van der Waals surface area contributed by atoms with Crippen molar-refractivity contribution in [3.8, 4) is 10.8 Å². The molecule has 1 aliphatic rings. The summed E-state index contributed by atoms with van der Waals surface area (Å²) in [6, 6.07) is 8.13. The summed E-state index contributed by atoms with van der Waals surface area (Å²) < 4.78 is 11.6. The lowest BCUT2D eigenvalue weighted by atomic mass is 9.82. The van der Waals surface area contributed by atoms with Crippen LogP contribution in [0.2, 0.25) is 0 Å². The zero-order chi connectivity index (χ0) is 22.1. The van der Waals surface area contributed by atoms with Gasteiger partial charge in [-0.2, -0.15) is 0 Å². The van der Waals surface area contributed by atoms with Crippen molar-refractivity contribution in [3.63, 3.8) is 0 Å². The van der Waals surface area contributed by atoms with Crippen LogP contribution < -0.4 is 5.32 Å². The number of rotatable bonds is 6. The molecule has 1 aliphatic carbocycles. The molecule has 0 aliphatic heterocycles. The van der Waals surface area contributed by atoms with Crippen LogP contribution in [0.1, 0.15) is 54.2 Å². The van der Waals surface area contributed by atoms with Crippen molar-refractivity contribution in [1.82, 2.24) is 15.5 Å². The molecule has 0 atom stereocenters. The smallest absolute Gasteiger partial charge is 0.257 e. The van der Waals surface area contributed by atoms with Crippen molar-refractivity contribution in [2.75, 3.05) is 6.54 Å². The molecule has 1 aromatic carbocycles. The molecule has 0 radical (unpaired) electrons. The van der Waals surface area contributed by atoms with E-state index in [4.69, 9.17) is 8.83 Å². The second-order valence-electron chi connectivity index (χ2n) is 8.81. The van der Waals surface area contributed by atoms with Crippen LogP contribution in [0.15, 0.2) is 44.7 Å². The maximum atomic E-state index is 12.6. The molecule has 3 heterocycles. The van der Waals surface area contributed by atoms with Crippen molar-refractivity contribution in [2.45, 2.75) is 51.9 Å². The van der Waals surface area contributed by atoms with E-state index in [2.05, 4.69) is 35.4 Å². The summed E-state index contributed by atoms with van der Waals surface area (Å²) in [4.78, 5) is 13.6. The average Bonchev–Trinajstić information content (AvgIpc) is 3.55. The van der Waals surface area contributed by atoms with Gasteiger partial charge in [-0.15, -0.1) is 21.5 Å². The molecule has 0 saturated heterocycles. The number of carbonyl (C=O) groups is 1. The monoisotopic (exact) mass is 449 g/mol. The van der Waals surface area contributed by atoms with Gasteiger partial charge >= 0.3 is 0 Å². The maximum absolute atomic E-state index is 12.6. The van der Waals surface area contributed by atoms with E-state index >= 15 is 0 Å². The van der Waals surface area contributed by atoms with Gasteiger partial charge < -0.3 is 14.2 Å². The van der Waals surface area contributed by atoms with E-state index in [0.29, 0.717) is 30.7 Å². The first-order chi connectivity index (χ1) is 15.6. The van der Waals surface area contributed by atoms with E-state index in [0.717, 1.165) is 53.0 Å². The van der Waals surface area contributed by atoms with E-state index in [1.807, 2.05) is 23.6 Å². The van der Waals surface area contributed by atoms with Crippen LogP contribution >= 0.6 is 11.3 Å². The number of amides is 1. The molecule has 1 fully saturated rings. The highest BCUT2D eigenvalue weighted by Crippen LogP contribution is 2.36. The third-order valence-electron chi connectivity index (χ3n) is 6.58. The quantitative estimate of drug-likeness (QED) is 0.403. The van der Waals surface area contributed by atoms with Crippen LogP contribution in [-0.2, 0) is 11.2 Å². The lowest BCUT2D eigenvalue weighted by Crippen LogP contribution is -2.32. The normalized spacial score (nSPS) is 18.8. The van der Waals surface area contributed by atoms with Crippen LogP contribution in [0, 0.1) is 19.8 Å². The molecule has 1 N–H and O–H groups in total. The standard InChI is InChI=1S/C25H27N3O3S/c1-15-10-20-19(14-30-21(20)11-16(15)2)12-23(29)26-13-17-5-7-18(8-6-17)24-27-28-25(31-24)22-4-3-9-32-22/h3-4,9-11,14,17-18H,5-8,12-13H2,1-2H3,(H,26,29). The molecule has 5 rings (SSSR count). The van der Waals surface area contributed by atoms with Gasteiger partial charge in [0.05, 0.1) is 17.6 Å². The highest BCUT2D eigenvalue weighted by atomic mass is 32.1. The summed E-state index contributed by atoms with van der Waals surface area (Å²) in [5, 5.41) is 14.7. The molecule has 166 valence electrons. The fraction of sp³-hybridized carbons (Fsp3) is 0.400. The molecule has 7 heteroatoms. The van der Waals surface area contributed by atoms with Crippen LogP contribution in [0.5, 0.6) is 0 Å². The number of thiophene rings is 1. The third kappa shape index (κ3) is 4.35. The number of benzene rings is 1. The minimum Gasteiger partial charge on any atom is -0.464 e. The van der Waals surface area contributed by atoms with E-state index in [-0.39, 0.29) is 5.91 Å². The predicted octanol–water partition coefficient (Wildman–Crippen LogP) is 5.79. The number of carbonyl (C=O) groups excluding carboxylic acids is 1. The SMILES string of the molecule is Cc1cc2occ(CC(=O)NCC3CCC(c4nnc(-c5cccs5)o4)CC3)c2cc1C. The number of furan rings is 1. The second-order valence-corrected chi connectivity index (χ2v) is 9.76. The number of hydrogen-bond acceptors (Lipinski definition) is 6. The van der Waals surface area contributed by atoms with Gasteiger partial charge in [0, 0.05) is 23.4 Å². The lowest BCUT2D eigenvalue weighted by Gasteiger charge is -2.26. The first kappa shape index (κ1) is 20.9. The number of hydrogen-bond donors (Lipinski definition) is 1. The zero-order valence-electron chi connectivity index (χ0n) is 18.4. The Balaban J connectivity index is 1.11. The van der Waals surface area contributed by atoms with Crippen molar-refractivity contribution < 1.29 is 13.6 Å². The summed E-state index contributed by atoms with van der Waals surface area (Å²) in [5.74, 6) is 2.20. The zero-order valence-corrected chi connectivity index (χ0v) is 19.2. The first-order valence-corrected chi connectivity index (χ1v) is 12.1. The Morgan fingerprint density at radius 3 is 2.75 bits per heavy atom. The number of fused-ring (bicyclic) bond motifs is 1. The molecule has 1 saturated carbocycles. The molecule has 0 spiro atoms. The van der Waals surface area contributed by atoms with Gasteiger partial charge in [0.15, 0.2) is 0 Å².